The zero-order valence-electron chi connectivity index (χ0n) is 12.4. The Kier molecular flexibility index (Phi) is 5.38. The van der Waals surface area contributed by atoms with Gasteiger partial charge in [0.1, 0.15) is 0 Å². The molecule has 2 rings (SSSR count). The third-order valence-electron chi connectivity index (χ3n) is 3.57. The second-order valence-corrected chi connectivity index (χ2v) is 6.17. The average Bonchev–Trinajstić information content (AvgIpc) is 2.41. The molecule has 1 atom stereocenters. The molecule has 2 aromatic carbocycles. The molecule has 0 saturated carbocycles. The van der Waals surface area contributed by atoms with Gasteiger partial charge in [-0.2, -0.15) is 0 Å². The lowest BCUT2D eigenvalue weighted by molar-refractivity contribution is 0.549. The summed E-state index contributed by atoms with van der Waals surface area (Å²) >= 11 is 3.63. The number of hydrogen-bond acceptors (Lipinski definition) is 1. The van der Waals surface area contributed by atoms with Crippen LogP contribution in [0.3, 0.4) is 0 Å². The third-order valence-corrected chi connectivity index (χ3v) is 4.43. The molecule has 2 heteroatoms. The molecule has 0 aliphatic carbocycles. The standard InChI is InChI=1S/C18H22BrN/c1-4-20-18(11-15-7-5-6-13(2)10-15)16-9-8-14(3)17(19)12-16/h5-10,12,18,20H,4,11H2,1-3H3. The van der Waals surface area contributed by atoms with Crippen molar-refractivity contribution in [2.45, 2.75) is 33.2 Å². The summed E-state index contributed by atoms with van der Waals surface area (Å²) in [6.45, 7) is 7.40. The van der Waals surface area contributed by atoms with Gasteiger partial charge in [-0.25, -0.2) is 0 Å². The van der Waals surface area contributed by atoms with Gasteiger partial charge in [-0.05, 0) is 49.6 Å². The minimum Gasteiger partial charge on any atom is -0.310 e. The Hall–Kier alpha value is -1.12. The van der Waals surface area contributed by atoms with Gasteiger partial charge in [0.05, 0.1) is 0 Å². The molecule has 0 aliphatic rings. The number of rotatable bonds is 5. The molecule has 106 valence electrons. The van der Waals surface area contributed by atoms with Gasteiger partial charge < -0.3 is 5.32 Å². The molecule has 0 radical (unpaired) electrons. The highest BCUT2D eigenvalue weighted by molar-refractivity contribution is 9.10. The van der Waals surface area contributed by atoms with Crippen LogP contribution in [0.5, 0.6) is 0 Å². The Morgan fingerprint density at radius 2 is 1.90 bits per heavy atom. The summed E-state index contributed by atoms with van der Waals surface area (Å²) < 4.78 is 1.18. The molecular weight excluding hydrogens is 310 g/mol. The topological polar surface area (TPSA) is 12.0 Å². The first kappa shape index (κ1) is 15.3. The van der Waals surface area contributed by atoms with E-state index in [0.717, 1.165) is 13.0 Å². The quantitative estimate of drug-likeness (QED) is 0.816. The zero-order valence-corrected chi connectivity index (χ0v) is 14.0. The molecule has 0 spiro atoms. The van der Waals surface area contributed by atoms with E-state index in [1.807, 2.05) is 0 Å². The predicted octanol–water partition coefficient (Wildman–Crippen LogP) is 4.96. The van der Waals surface area contributed by atoms with Crippen molar-refractivity contribution in [2.75, 3.05) is 6.54 Å². The second kappa shape index (κ2) is 7.05. The van der Waals surface area contributed by atoms with Gasteiger partial charge >= 0.3 is 0 Å². The highest BCUT2D eigenvalue weighted by Crippen LogP contribution is 2.24. The Bertz CT molecular complexity index is 577. The largest absolute Gasteiger partial charge is 0.310 e. The molecule has 0 saturated heterocycles. The normalized spacial score (nSPS) is 12.4. The maximum absolute atomic E-state index is 3.63. The Morgan fingerprint density at radius 1 is 1.10 bits per heavy atom. The van der Waals surface area contributed by atoms with E-state index >= 15 is 0 Å². The van der Waals surface area contributed by atoms with E-state index in [1.54, 1.807) is 0 Å². The summed E-state index contributed by atoms with van der Waals surface area (Å²) in [4.78, 5) is 0. The van der Waals surface area contributed by atoms with Crippen molar-refractivity contribution in [3.05, 3.63) is 69.2 Å². The smallest absolute Gasteiger partial charge is 0.0361 e. The monoisotopic (exact) mass is 331 g/mol. The number of hydrogen-bond donors (Lipinski definition) is 1. The summed E-state index contributed by atoms with van der Waals surface area (Å²) in [7, 11) is 0. The first-order chi connectivity index (χ1) is 9.60. The summed E-state index contributed by atoms with van der Waals surface area (Å²) in [6.07, 6.45) is 1.02. The van der Waals surface area contributed by atoms with Crippen LogP contribution in [-0.4, -0.2) is 6.54 Å². The highest BCUT2D eigenvalue weighted by atomic mass is 79.9. The molecule has 0 aliphatic heterocycles. The number of halogens is 1. The van der Waals surface area contributed by atoms with Gasteiger partial charge in [-0.3, -0.25) is 0 Å². The number of likely N-dealkylation sites (N-methyl/N-ethyl adjacent to an activating group) is 1. The third kappa shape index (κ3) is 3.94. The van der Waals surface area contributed by atoms with Crippen LogP contribution >= 0.6 is 15.9 Å². The van der Waals surface area contributed by atoms with Gasteiger partial charge in [-0.15, -0.1) is 0 Å². The van der Waals surface area contributed by atoms with Gasteiger partial charge in [0.2, 0.25) is 0 Å². The van der Waals surface area contributed by atoms with Gasteiger partial charge in [0.15, 0.2) is 0 Å². The van der Waals surface area contributed by atoms with E-state index in [1.165, 1.54) is 26.7 Å². The Balaban J connectivity index is 2.24. The molecule has 2 aromatic rings. The summed E-state index contributed by atoms with van der Waals surface area (Å²) in [6, 6.07) is 15.8. The summed E-state index contributed by atoms with van der Waals surface area (Å²) in [5.74, 6) is 0. The van der Waals surface area contributed by atoms with Crippen LogP contribution in [0.1, 0.15) is 35.2 Å². The van der Waals surface area contributed by atoms with E-state index in [2.05, 4.69) is 84.5 Å². The van der Waals surface area contributed by atoms with Crippen LogP contribution in [0.15, 0.2) is 46.9 Å². The van der Waals surface area contributed by atoms with Crippen LogP contribution in [0, 0.1) is 13.8 Å². The zero-order chi connectivity index (χ0) is 14.5. The van der Waals surface area contributed by atoms with Crippen LogP contribution in [-0.2, 0) is 6.42 Å². The van der Waals surface area contributed by atoms with E-state index in [4.69, 9.17) is 0 Å². The molecule has 1 N–H and O–H groups in total. The molecule has 1 nitrogen and oxygen atoms in total. The van der Waals surface area contributed by atoms with Crippen molar-refractivity contribution in [3.63, 3.8) is 0 Å². The van der Waals surface area contributed by atoms with Crippen LogP contribution in [0.25, 0.3) is 0 Å². The molecule has 0 bridgehead atoms. The van der Waals surface area contributed by atoms with Crippen molar-refractivity contribution in [1.82, 2.24) is 5.32 Å². The molecule has 1 unspecified atom stereocenters. The number of aryl methyl sites for hydroxylation is 2. The SMILES string of the molecule is CCNC(Cc1cccc(C)c1)c1ccc(C)c(Br)c1. The average molecular weight is 332 g/mol. The fourth-order valence-corrected chi connectivity index (χ4v) is 2.85. The Morgan fingerprint density at radius 3 is 2.55 bits per heavy atom. The molecule has 0 amide bonds. The minimum absolute atomic E-state index is 0.360. The first-order valence-corrected chi connectivity index (χ1v) is 7.94. The van der Waals surface area contributed by atoms with Gasteiger partial charge in [0, 0.05) is 10.5 Å². The van der Waals surface area contributed by atoms with E-state index in [-0.39, 0.29) is 0 Å². The van der Waals surface area contributed by atoms with Crippen molar-refractivity contribution < 1.29 is 0 Å². The fraction of sp³-hybridized carbons (Fsp3) is 0.333. The van der Waals surface area contributed by atoms with Crippen LogP contribution < -0.4 is 5.32 Å². The minimum atomic E-state index is 0.360. The van der Waals surface area contributed by atoms with Crippen molar-refractivity contribution in [2.24, 2.45) is 0 Å². The summed E-state index contributed by atoms with van der Waals surface area (Å²) in [5, 5.41) is 3.59. The van der Waals surface area contributed by atoms with Gasteiger partial charge in [-0.1, -0.05) is 64.8 Å². The van der Waals surface area contributed by atoms with E-state index < -0.39 is 0 Å². The fourth-order valence-electron chi connectivity index (χ4n) is 2.45. The second-order valence-electron chi connectivity index (χ2n) is 5.31. The van der Waals surface area contributed by atoms with Crippen LogP contribution in [0.4, 0.5) is 0 Å². The maximum atomic E-state index is 3.63. The Labute approximate surface area is 130 Å². The van der Waals surface area contributed by atoms with Crippen LogP contribution in [0.2, 0.25) is 0 Å². The number of nitrogens with one attached hydrogen (secondary N) is 1. The number of benzene rings is 2. The molecular formula is C18H22BrN. The highest BCUT2D eigenvalue weighted by Gasteiger charge is 2.12. The predicted molar refractivity (Wildman–Crippen MR) is 90.2 cm³/mol. The first-order valence-electron chi connectivity index (χ1n) is 7.15. The lowest BCUT2D eigenvalue weighted by Gasteiger charge is -2.19. The lowest BCUT2D eigenvalue weighted by atomic mass is 9.97. The van der Waals surface area contributed by atoms with E-state index in [9.17, 15) is 0 Å². The van der Waals surface area contributed by atoms with Gasteiger partial charge in [0.25, 0.3) is 0 Å². The molecule has 20 heavy (non-hydrogen) atoms. The van der Waals surface area contributed by atoms with Crippen molar-refractivity contribution >= 4 is 15.9 Å². The maximum Gasteiger partial charge on any atom is 0.0361 e. The van der Waals surface area contributed by atoms with E-state index in [0.29, 0.717) is 6.04 Å². The van der Waals surface area contributed by atoms with Crippen molar-refractivity contribution in [3.8, 4) is 0 Å². The molecule has 0 fully saturated rings. The molecule has 0 aromatic heterocycles. The summed E-state index contributed by atoms with van der Waals surface area (Å²) in [5.41, 5.74) is 5.32. The van der Waals surface area contributed by atoms with Crippen molar-refractivity contribution in [1.29, 1.82) is 0 Å². The molecule has 0 heterocycles. The lowest BCUT2D eigenvalue weighted by Crippen LogP contribution is -2.23.